The van der Waals surface area contributed by atoms with Crippen molar-refractivity contribution in [3.63, 3.8) is 0 Å². The van der Waals surface area contributed by atoms with Gasteiger partial charge in [-0.25, -0.2) is 9.97 Å². The molecule has 0 atom stereocenters. The minimum Gasteiger partial charge on any atom is -0.338 e. The number of benzene rings is 1. The summed E-state index contributed by atoms with van der Waals surface area (Å²) in [5.41, 5.74) is 1.17. The van der Waals surface area contributed by atoms with Crippen molar-refractivity contribution >= 4 is 11.8 Å². The molecule has 0 aliphatic rings. The van der Waals surface area contributed by atoms with Gasteiger partial charge in [-0.15, -0.1) is 0 Å². The molecule has 0 aliphatic carbocycles. The Kier molecular flexibility index (Phi) is 4.03. The van der Waals surface area contributed by atoms with E-state index in [9.17, 15) is 0 Å². The second kappa shape index (κ2) is 6.29. The molecular weight excluding hydrogens is 272 g/mol. The molecule has 1 aromatic carbocycles. The second-order valence-corrected chi connectivity index (χ2v) is 5.03. The molecule has 100 valence electrons. The lowest BCUT2D eigenvalue weighted by Gasteiger charge is -1.95. The molecule has 6 heteroatoms. The van der Waals surface area contributed by atoms with E-state index in [0.29, 0.717) is 29.0 Å². The third-order valence-electron chi connectivity index (χ3n) is 2.58. The van der Waals surface area contributed by atoms with E-state index in [1.165, 1.54) is 17.3 Å². The Bertz CT molecular complexity index is 657. The minimum atomic E-state index is 0.575. The van der Waals surface area contributed by atoms with Gasteiger partial charge in [0, 0.05) is 18.8 Å². The molecule has 0 spiro atoms. The number of thioether (sulfide) groups is 1. The minimum absolute atomic E-state index is 0.575. The fraction of sp³-hybridized carbons (Fsp3) is 0.143. The van der Waals surface area contributed by atoms with Crippen LogP contribution >= 0.6 is 11.8 Å². The van der Waals surface area contributed by atoms with Gasteiger partial charge >= 0.3 is 0 Å². The van der Waals surface area contributed by atoms with E-state index in [4.69, 9.17) is 4.52 Å². The van der Waals surface area contributed by atoms with E-state index in [1.807, 2.05) is 30.3 Å². The van der Waals surface area contributed by atoms with Crippen molar-refractivity contribution in [3.8, 4) is 0 Å². The Labute approximate surface area is 120 Å². The average Bonchev–Trinajstić information content (AvgIpc) is 2.95. The van der Waals surface area contributed by atoms with Crippen molar-refractivity contribution in [1.82, 2.24) is 20.1 Å². The summed E-state index contributed by atoms with van der Waals surface area (Å²) >= 11 is 1.47. The van der Waals surface area contributed by atoms with Gasteiger partial charge in [-0.1, -0.05) is 47.3 Å². The van der Waals surface area contributed by atoms with Crippen LogP contribution in [0.3, 0.4) is 0 Å². The quantitative estimate of drug-likeness (QED) is 0.530. The Morgan fingerprint density at radius 1 is 1.00 bits per heavy atom. The van der Waals surface area contributed by atoms with Crippen molar-refractivity contribution in [1.29, 1.82) is 0 Å². The first-order chi connectivity index (χ1) is 9.90. The number of nitrogens with zero attached hydrogens (tertiary/aromatic N) is 4. The first-order valence-electron chi connectivity index (χ1n) is 6.15. The van der Waals surface area contributed by atoms with Crippen LogP contribution in [0.25, 0.3) is 0 Å². The molecule has 0 radical (unpaired) electrons. The van der Waals surface area contributed by atoms with Crippen LogP contribution in [0.15, 0.2) is 58.5 Å². The predicted octanol–water partition coefficient (Wildman–Crippen LogP) is 2.74. The summed E-state index contributed by atoms with van der Waals surface area (Å²) in [4.78, 5) is 12.6. The average molecular weight is 284 g/mol. The SMILES string of the molecule is c1ccc(Cc2noc(CSc3ncccn3)n2)cc1. The van der Waals surface area contributed by atoms with E-state index < -0.39 is 0 Å². The summed E-state index contributed by atoms with van der Waals surface area (Å²) in [6.45, 7) is 0. The Morgan fingerprint density at radius 2 is 1.80 bits per heavy atom. The van der Waals surface area contributed by atoms with E-state index in [1.54, 1.807) is 18.5 Å². The first-order valence-corrected chi connectivity index (χ1v) is 7.14. The summed E-state index contributed by atoms with van der Waals surface area (Å²) in [5, 5.41) is 4.69. The molecule has 0 N–H and O–H groups in total. The van der Waals surface area contributed by atoms with Crippen molar-refractivity contribution in [3.05, 3.63) is 66.1 Å². The molecule has 0 unspecified atom stereocenters. The molecular formula is C14H12N4OS. The van der Waals surface area contributed by atoms with Gasteiger partial charge in [-0.2, -0.15) is 4.98 Å². The molecule has 0 saturated carbocycles. The molecule has 3 rings (SSSR count). The topological polar surface area (TPSA) is 64.7 Å². The highest BCUT2D eigenvalue weighted by molar-refractivity contribution is 7.98. The van der Waals surface area contributed by atoms with Crippen LogP contribution in [0.4, 0.5) is 0 Å². The lowest BCUT2D eigenvalue weighted by Crippen LogP contribution is -1.91. The van der Waals surface area contributed by atoms with Gasteiger partial charge in [-0.3, -0.25) is 0 Å². The molecule has 5 nitrogen and oxygen atoms in total. The van der Waals surface area contributed by atoms with E-state index in [0.717, 1.165) is 0 Å². The molecule has 2 heterocycles. The number of hydrogen-bond acceptors (Lipinski definition) is 6. The maximum atomic E-state index is 5.22. The highest BCUT2D eigenvalue weighted by Gasteiger charge is 2.08. The highest BCUT2D eigenvalue weighted by Crippen LogP contribution is 2.17. The number of rotatable bonds is 5. The smallest absolute Gasteiger partial charge is 0.237 e. The monoisotopic (exact) mass is 284 g/mol. The lowest BCUT2D eigenvalue weighted by molar-refractivity contribution is 0.385. The van der Waals surface area contributed by atoms with Crippen LogP contribution in [0.2, 0.25) is 0 Å². The number of hydrogen-bond donors (Lipinski definition) is 0. The second-order valence-electron chi connectivity index (χ2n) is 4.09. The summed E-state index contributed by atoms with van der Waals surface area (Å²) in [7, 11) is 0. The summed E-state index contributed by atoms with van der Waals surface area (Å²) in [5.74, 6) is 1.86. The Hall–Kier alpha value is -2.21. The maximum absolute atomic E-state index is 5.22. The largest absolute Gasteiger partial charge is 0.338 e. The molecule has 0 aliphatic heterocycles. The molecule has 0 saturated heterocycles. The summed E-state index contributed by atoms with van der Waals surface area (Å²) in [6, 6.07) is 11.9. The van der Waals surface area contributed by atoms with Crippen molar-refractivity contribution in [2.24, 2.45) is 0 Å². The number of aromatic nitrogens is 4. The Morgan fingerprint density at radius 3 is 2.60 bits per heavy atom. The van der Waals surface area contributed by atoms with Gasteiger partial charge in [-0.05, 0) is 11.6 Å². The summed E-state index contributed by atoms with van der Waals surface area (Å²) in [6.07, 6.45) is 4.10. The predicted molar refractivity (Wildman–Crippen MR) is 75.1 cm³/mol. The molecule has 0 amide bonds. The molecule has 3 aromatic rings. The van der Waals surface area contributed by atoms with Crippen LogP contribution in [0, 0.1) is 0 Å². The van der Waals surface area contributed by atoms with Gasteiger partial charge in [0.15, 0.2) is 11.0 Å². The maximum Gasteiger partial charge on any atom is 0.237 e. The van der Waals surface area contributed by atoms with E-state index >= 15 is 0 Å². The van der Waals surface area contributed by atoms with E-state index in [-0.39, 0.29) is 0 Å². The first kappa shape index (κ1) is 12.8. The molecule has 0 fully saturated rings. The standard InChI is InChI=1S/C14H12N4OS/c1-2-5-11(6-3-1)9-12-17-13(19-18-12)10-20-14-15-7-4-8-16-14/h1-8H,9-10H2. The van der Waals surface area contributed by atoms with Gasteiger partial charge in [0.1, 0.15) is 0 Å². The zero-order chi connectivity index (χ0) is 13.6. The van der Waals surface area contributed by atoms with Crippen LogP contribution in [-0.2, 0) is 12.2 Å². The molecule has 20 heavy (non-hydrogen) atoms. The molecule has 2 aromatic heterocycles. The zero-order valence-electron chi connectivity index (χ0n) is 10.6. The van der Waals surface area contributed by atoms with Crippen molar-refractivity contribution in [2.75, 3.05) is 0 Å². The lowest BCUT2D eigenvalue weighted by atomic mass is 10.1. The van der Waals surface area contributed by atoms with E-state index in [2.05, 4.69) is 20.1 Å². The van der Waals surface area contributed by atoms with Crippen LogP contribution < -0.4 is 0 Å². The van der Waals surface area contributed by atoms with Gasteiger partial charge < -0.3 is 4.52 Å². The highest BCUT2D eigenvalue weighted by atomic mass is 32.2. The third-order valence-corrected chi connectivity index (χ3v) is 3.44. The van der Waals surface area contributed by atoms with Gasteiger partial charge in [0.05, 0.1) is 5.75 Å². The fourth-order valence-electron chi connectivity index (χ4n) is 1.69. The third kappa shape index (κ3) is 3.42. The molecule has 0 bridgehead atoms. The summed E-state index contributed by atoms with van der Waals surface area (Å²) < 4.78 is 5.22. The van der Waals surface area contributed by atoms with Gasteiger partial charge in [0.25, 0.3) is 0 Å². The Balaban J connectivity index is 1.60. The van der Waals surface area contributed by atoms with Crippen molar-refractivity contribution in [2.45, 2.75) is 17.3 Å². The van der Waals surface area contributed by atoms with Gasteiger partial charge in [0.2, 0.25) is 5.89 Å². The van der Waals surface area contributed by atoms with Crippen molar-refractivity contribution < 1.29 is 4.52 Å². The van der Waals surface area contributed by atoms with Crippen LogP contribution in [-0.4, -0.2) is 20.1 Å². The van der Waals surface area contributed by atoms with Crippen LogP contribution in [0.1, 0.15) is 17.3 Å². The normalized spacial score (nSPS) is 10.6. The van der Waals surface area contributed by atoms with Crippen LogP contribution in [0.5, 0.6) is 0 Å². The fourth-order valence-corrected chi connectivity index (χ4v) is 2.33. The zero-order valence-corrected chi connectivity index (χ0v) is 11.5.